The standard InChI is InChI=1S/C20H28N4O3S/c1-2-8-17-21-19(27-24-17)12-7-11-18(25)22-23-20(26)16-13-14-9-5-3-4-6-10-15(14)28-16/h13H,2-12H2,1H3,(H,22,25)(H,23,26). The molecule has 7 nitrogen and oxygen atoms in total. The van der Waals surface area contributed by atoms with Crippen molar-refractivity contribution in [3.63, 3.8) is 0 Å². The maximum Gasteiger partial charge on any atom is 0.279 e. The lowest BCUT2D eigenvalue weighted by Gasteiger charge is -2.07. The number of hydrogen-bond donors (Lipinski definition) is 2. The Balaban J connectivity index is 1.40. The number of fused-ring (bicyclic) bond motifs is 1. The van der Waals surface area contributed by atoms with Crippen LogP contribution in [0.2, 0.25) is 0 Å². The molecule has 152 valence electrons. The van der Waals surface area contributed by atoms with E-state index in [1.807, 2.05) is 6.07 Å². The summed E-state index contributed by atoms with van der Waals surface area (Å²) in [6, 6.07) is 1.98. The van der Waals surface area contributed by atoms with Gasteiger partial charge in [-0.05, 0) is 50.2 Å². The first-order valence-corrected chi connectivity index (χ1v) is 11.0. The highest BCUT2D eigenvalue weighted by molar-refractivity contribution is 7.14. The number of hydrogen-bond acceptors (Lipinski definition) is 6. The van der Waals surface area contributed by atoms with Gasteiger partial charge in [-0.3, -0.25) is 20.4 Å². The van der Waals surface area contributed by atoms with Gasteiger partial charge in [0.15, 0.2) is 5.82 Å². The Morgan fingerprint density at radius 1 is 1.14 bits per heavy atom. The maximum absolute atomic E-state index is 12.3. The third-order valence-corrected chi connectivity index (χ3v) is 6.05. The van der Waals surface area contributed by atoms with Crippen LogP contribution in [0.15, 0.2) is 10.6 Å². The van der Waals surface area contributed by atoms with Crippen LogP contribution in [0.4, 0.5) is 0 Å². The van der Waals surface area contributed by atoms with Gasteiger partial charge in [0.25, 0.3) is 5.91 Å². The van der Waals surface area contributed by atoms with Crippen LogP contribution >= 0.6 is 11.3 Å². The zero-order chi connectivity index (χ0) is 19.8. The predicted molar refractivity (Wildman–Crippen MR) is 107 cm³/mol. The molecular weight excluding hydrogens is 376 g/mol. The third kappa shape index (κ3) is 5.89. The van der Waals surface area contributed by atoms with Crippen LogP contribution in [0.3, 0.4) is 0 Å². The van der Waals surface area contributed by atoms with Crippen molar-refractivity contribution >= 4 is 23.2 Å². The van der Waals surface area contributed by atoms with Crippen LogP contribution in [0.5, 0.6) is 0 Å². The fraction of sp³-hybridized carbons (Fsp3) is 0.600. The van der Waals surface area contributed by atoms with Gasteiger partial charge in [0.05, 0.1) is 4.88 Å². The smallest absolute Gasteiger partial charge is 0.279 e. The number of rotatable bonds is 7. The van der Waals surface area contributed by atoms with Crippen LogP contribution in [-0.2, 0) is 30.5 Å². The molecule has 2 amide bonds. The van der Waals surface area contributed by atoms with Crippen molar-refractivity contribution in [1.29, 1.82) is 0 Å². The molecule has 0 saturated carbocycles. The summed E-state index contributed by atoms with van der Waals surface area (Å²) in [6.07, 6.45) is 10.2. The van der Waals surface area contributed by atoms with E-state index in [-0.39, 0.29) is 18.2 Å². The van der Waals surface area contributed by atoms with E-state index < -0.39 is 0 Å². The largest absolute Gasteiger partial charge is 0.339 e. The molecule has 2 heterocycles. The molecule has 2 N–H and O–H groups in total. The van der Waals surface area contributed by atoms with Crippen molar-refractivity contribution < 1.29 is 14.1 Å². The van der Waals surface area contributed by atoms with Gasteiger partial charge >= 0.3 is 0 Å². The molecule has 8 heteroatoms. The normalized spacial score (nSPS) is 14.0. The number of hydrazine groups is 1. The summed E-state index contributed by atoms with van der Waals surface area (Å²) in [4.78, 5) is 30.6. The SMILES string of the molecule is CCCc1noc(CCCC(=O)NNC(=O)c2cc3c(s2)CCCCCC3)n1. The molecule has 1 aliphatic rings. The lowest BCUT2D eigenvalue weighted by atomic mass is 10.00. The minimum Gasteiger partial charge on any atom is -0.339 e. The molecule has 28 heavy (non-hydrogen) atoms. The zero-order valence-electron chi connectivity index (χ0n) is 16.4. The maximum atomic E-state index is 12.3. The summed E-state index contributed by atoms with van der Waals surface area (Å²) in [5, 5.41) is 3.89. The van der Waals surface area contributed by atoms with Crippen molar-refractivity contribution in [2.75, 3.05) is 0 Å². The fourth-order valence-electron chi connectivity index (χ4n) is 3.32. The average Bonchev–Trinajstić information content (AvgIpc) is 3.27. The topological polar surface area (TPSA) is 97.1 Å². The number of nitrogens with zero attached hydrogens (tertiary/aromatic N) is 2. The number of nitrogens with one attached hydrogen (secondary N) is 2. The highest BCUT2D eigenvalue weighted by atomic mass is 32.1. The highest BCUT2D eigenvalue weighted by Gasteiger charge is 2.16. The van der Waals surface area contributed by atoms with E-state index >= 15 is 0 Å². The first-order valence-electron chi connectivity index (χ1n) is 10.2. The lowest BCUT2D eigenvalue weighted by molar-refractivity contribution is -0.121. The minimum absolute atomic E-state index is 0.225. The third-order valence-electron chi connectivity index (χ3n) is 4.81. The van der Waals surface area contributed by atoms with Gasteiger partial charge in [0.1, 0.15) is 0 Å². The van der Waals surface area contributed by atoms with Crippen LogP contribution < -0.4 is 10.9 Å². The molecule has 0 aromatic carbocycles. The van der Waals surface area contributed by atoms with Crippen LogP contribution in [0, 0.1) is 0 Å². The van der Waals surface area contributed by atoms with Crippen LogP contribution in [0.1, 0.15) is 83.7 Å². The molecule has 1 aliphatic carbocycles. The molecule has 2 aromatic heterocycles. The lowest BCUT2D eigenvalue weighted by Crippen LogP contribution is -2.41. The Bertz CT molecular complexity index is 774. The molecule has 0 radical (unpaired) electrons. The Kier molecular flexibility index (Phi) is 7.59. The molecule has 0 atom stereocenters. The quantitative estimate of drug-likeness (QED) is 0.688. The Morgan fingerprint density at radius 2 is 1.96 bits per heavy atom. The van der Waals surface area contributed by atoms with Crippen molar-refractivity contribution in [2.45, 2.75) is 77.6 Å². The number of carbonyl (C=O) groups excluding carboxylic acids is 2. The summed E-state index contributed by atoms with van der Waals surface area (Å²) in [6.45, 7) is 2.06. The molecule has 0 fully saturated rings. The highest BCUT2D eigenvalue weighted by Crippen LogP contribution is 2.28. The van der Waals surface area contributed by atoms with Crippen molar-refractivity contribution in [3.8, 4) is 0 Å². The summed E-state index contributed by atoms with van der Waals surface area (Å²) >= 11 is 1.55. The van der Waals surface area contributed by atoms with Crippen LogP contribution in [0.25, 0.3) is 0 Å². The second-order valence-electron chi connectivity index (χ2n) is 7.18. The molecule has 0 saturated heterocycles. The van der Waals surface area contributed by atoms with Gasteiger partial charge in [-0.25, -0.2) is 0 Å². The molecule has 0 spiro atoms. The van der Waals surface area contributed by atoms with Gasteiger partial charge in [0.2, 0.25) is 11.8 Å². The Morgan fingerprint density at radius 3 is 2.79 bits per heavy atom. The first kappa shape index (κ1) is 20.5. The fourth-order valence-corrected chi connectivity index (χ4v) is 4.47. The minimum atomic E-state index is -0.244. The average molecular weight is 405 g/mol. The summed E-state index contributed by atoms with van der Waals surface area (Å²) in [5.74, 6) is 0.790. The second-order valence-corrected chi connectivity index (χ2v) is 8.32. The van der Waals surface area contributed by atoms with E-state index in [4.69, 9.17) is 4.52 Å². The molecular formula is C20H28N4O3S. The van der Waals surface area contributed by atoms with Crippen molar-refractivity contribution in [2.24, 2.45) is 0 Å². The molecule has 2 aromatic rings. The number of aromatic nitrogens is 2. The van der Waals surface area contributed by atoms with Gasteiger partial charge in [-0.1, -0.05) is 24.9 Å². The zero-order valence-corrected chi connectivity index (χ0v) is 17.2. The first-order chi connectivity index (χ1) is 13.7. The van der Waals surface area contributed by atoms with Crippen molar-refractivity contribution in [3.05, 3.63) is 33.1 Å². The molecule has 0 unspecified atom stereocenters. The van der Waals surface area contributed by atoms with E-state index in [1.54, 1.807) is 11.3 Å². The van der Waals surface area contributed by atoms with Gasteiger partial charge < -0.3 is 4.52 Å². The number of thiophene rings is 1. The van der Waals surface area contributed by atoms with Crippen molar-refractivity contribution in [1.82, 2.24) is 21.0 Å². The van der Waals surface area contributed by atoms with E-state index in [9.17, 15) is 9.59 Å². The predicted octanol–water partition coefficient (Wildman–Crippen LogP) is 3.53. The summed E-state index contributed by atoms with van der Waals surface area (Å²) in [7, 11) is 0. The summed E-state index contributed by atoms with van der Waals surface area (Å²) < 4.78 is 5.15. The Labute approximate surface area is 169 Å². The number of amides is 2. The molecule has 0 bridgehead atoms. The molecule has 0 aliphatic heterocycles. The monoisotopic (exact) mass is 404 g/mol. The van der Waals surface area contributed by atoms with E-state index in [1.165, 1.54) is 36.1 Å². The second kappa shape index (κ2) is 10.4. The Hall–Kier alpha value is -2.22. The van der Waals surface area contributed by atoms with Crippen LogP contribution in [-0.4, -0.2) is 22.0 Å². The van der Waals surface area contributed by atoms with Gasteiger partial charge in [0, 0.05) is 24.1 Å². The van der Waals surface area contributed by atoms with E-state index in [0.29, 0.717) is 29.4 Å². The van der Waals surface area contributed by atoms with Gasteiger partial charge in [-0.15, -0.1) is 11.3 Å². The van der Waals surface area contributed by atoms with E-state index in [0.717, 1.165) is 25.7 Å². The summed E-state index contributed by atoms with van der Waals surface area (Å²) in [5.41, 5.74) is 6.32. The number of carbonyl (C=O) groups is 2. The van der Waals surface area contributed by atoms with E-state index in [2.05, 4.69) is 27.9 Å². The van der Waals surface area contributed by atoms with Gasteiger partial charge in [-0.2, -0.15) is 4.98 Å². The molecule has 3 rings (SSSR count). The number of aryl methyl sites for hydroxylation is 4.